The van der Waals surface area contributed by atoms with Crippen LogP contribution in [0.25, 0.3) is 10.8 Å². The van der Waals surface area contributed by atoms with Crippen LogP contribution in [0.15, 0.2) is 47.4 Å². The van der Waals surface area contributed by atoms with Gasteiger partial charge in [0.15, 0.2) is 0 Å². The Hall–Kier alpha value is -4.01. The molecule has 0 aliphatic carbocycles. The topological polar surface area (TPSA) is 159 Å². The number of alkyl halides is 3. The van der Waals surface area contributed by atoms with Crippen LogP contribution in [-0.4, -0.2) is 73.6 Å². The van der Waals surface area contributed by atoms with Crippen LogP contribution in [0.2, 0.25) is 0 Å². The molecule has 1 saturated heterocycles. The Morgan fingerprint density at radius 3 is 2.09 bits per heavy atom. The van der Waals surface area contributed by atoms with Crippen molar-refractivity contribution in [3.8, 4) is 0 Å². The van der Waals surface area contributed by atoms with E-state index in [1.807, 2.05) is 4.72 Å². The lowest BCUT2D eigenvalue weighted by Gasteiger charge is -2.32. The third kappa shape index (κ3) is 8.80. The van der Waals surface area contributed by atoms with Crippen molar-refractivity contribution in [1.29, 1.82) is 0 Å². The van der Waals surface area contributed by atoms with E-state index in [4.69, 9.17) is 0 Å². The summed E-state index contributed by atoms with van der Waals surface area (Å²) in [5, 5.41) is 5.75. The number of likely N-dealkylation sites (tertiary alicyclic amines) is 1. The molecular weight excluding hydrogens is 617 g/mol. The van der Waals surface area contributed by atoms with Crippen molar-refractivity contribution >= 4 is 50.2 Å². The molecule has 2 aromatic carbocycles. The van der Waals surface area contributed by atoms with Crippen LogP contribution >= 0.6 is 0 Å². The van der Waals surface area contributed by atoms with E-state index >= 15 is 0 Å². The summed E-state index contributed by atoms with van der Waals surface area (Å²) >= 11 is 0. The number of nitrogens with one attached hydrogen (secondary N) is 3. The van der Waals surface area contributed by atoms with Crippen molar-refractivity contribution in [3.63, 3.8) is 0 Å². The van der Waals surface area contributed by atoms with Crippen molar-refractivity contribution in [2.45, 2.75) is 82.6 Å². The van der Waals surface area contributed by atoms with E-state index in [1.165, 1.54) is 30.9 Å². The van der Waals surface area contributed by atoms with Gasteiger partial charge in [-0.2, -0.15) is 13.2 Å². The highest BCUT2D eigenvalue weighted by atomic mass is 32.2. The molecule has 3 atom stereocenters. The summed E-state index contributed by atoms with van der Waals surface area (Å²) < 4.78 is 67.0. The summed E-state index contributed by atoms with van der Waals surface area (Å²) in [6.45, 7) is 6.08. The summed E-state index contributed by atoms with van der Waals surface area (Å²) in [6, 6.07) is 7.22. The number of ketones is 1. The third-order valence-corrected chi connectivity index (χ3v) is 8.91. The molecule has 4 amide bonds. The van der Waals surface area contributed by atoms with Gasteiger partial charge in [0.25, 0.3) is 15.8 Å². The number of carbonyl (C=O) groups is 5. The molecule has 1 aliphatic heterocycles. The van der Waals surface area contributed by atoms with Crippen LogP contribution < -0.4 is 15.4 Å². The highest BCUT2D eigenvalue weighted by Gasteiger charge is 2.46. The molecule has 1 aliphatic rings. The van der Waals surface area contributed by atoms with Crippen molar-refractivity contribution in [2.24, 2.45) is 11.8 Å². The zero-order valence-electron chi connectivity index (χ0n) is 25.3. The van der Waals surface area contributed by atoms with Crippen molar-refractivity contribution < 1.29 is 45.6 Å². The van der Waals surface area contributed by atoms with Gasteiger partial charge in [-0.05, 0) is 36.1 Å². The number of amides is 4. The zero-order chi connectivity index (χ0) is 33.7. The van der Waals surface area contributed by atoms with Crippen LogP contribution in [-0.2, 0) is 34.0 Å². The molecule has 2 aromatic rings. The van der Waals surface area contributed by atoms with Gasteiger partial charge in [0.05, 0.1) is 10.9 Å². The standard InChI is InChI=1S/C30H37F3N4O7S/c1-17(2)25(27(40)30(31,32)33)35-28(41)21-12-8-16-37(21)29(42)26(18(3)4)34-23(38)14-15-24(39)36-45(43,44)22-13-7-10-19-9-5-6-11-20(19)22/h5-7,9-11,13,17-18,21,25-26H,8,12,14-16H2,1-4H3,(H,34,38)(H,35,41)(H,36,39)/t21?,25?,26-/m0/s1. The minimum Gasteiger partial charge on any atom is -0.344 e. The first-order chi connectivity index (χ1) is 20.9. The van der Waals surface area contributed by atoms with Gasteiger partial charge in [0.2, 0.25) is 23.6 Å². The van der Waals surface area contributed by atoms with Crippen molar-refractivity contribution in [2.75, 3.05) is 6.54 Å². The predicted molar refractivity (Wildman–Crippen MR) is 158 cm³/mol. The molecule has 3 rings (SSSR count). The lowest BCUT2D eigenvalue weighted by molar-refractivity contribution is -0.175. The van der Waals surface area contributed by atoms with E-state index in [0.29, 0.717) is 17.2 Å². The van der Waals surface area contributed by atoms with E-state index in [0.717, 1.165) is 0 Å². The predicted octanol–water partition coefficient (Wildman–Crippen LogP) is 2.83. The number of sulfonamides is 1. The highest BCUT2D eigenvalue weighted by molar-refractivity contribution is 7.90. The van der Waals surface area contributed by atoms with E-state index in [2.05, 4.69) is 10.6 Å². The number of nitrogens with zero attached hydrogens (tertiary/aromatic N) is 1. The first-order valence-corrected chi connectivity index (χ1v) is 16.0. The van der Waals surface area contributed by atoms with Gasteiger partial charge >= 0.3 is 6.18 Å². The Bertz CT molecular complexity index is 1550. The quantitative estimate of drug-likeness (QED) is 0.318. The number of fused-ring (bicyclic) bond motifs is 1. The Kier molecular flexibility index (Phi) is 11.3. The third-order valence-electron chi connectivity index (χ3n) is 7.48. The summed E-state index contributed by atoms with van der Waals surface area (Å²) in [4.78, 5) is 64.7. The normalized spacial score (nSPS) is 16.8. The van der Waals surface area contributed by atoms with E-state index in [9.17, 15) is 45.6 Å². The molecule has 2 unspecified atom stereocenters. The monoisotopic (exact) mass is 654 g/mol. The minimum absolute atomic E-state index is 0.101. The van der Waals surface area contributed by atoms with Crippen molar-refractivity contribution in [1.82, 2.24) is 20.3 Å². The van der Waals surface area contributed by atoms with Gasteiger partial charge in [0.1, 0.15) is 12.1 Å². The molecule has 3 N–H and O–H groups in total. The Morgan fingerprint density at radius 2 is 1.47 bits per heavy atom. The molecular formula is C30H37F3N4O7S. The summed E-state index contributed by atoms with van der Waals surface area (Å²) in [5.41, 5.74) is 0. The van der Waals surface area contributed by atoms with E-state index in [1.54, 1.807) is 44.2 Å². The number of rotatable bonds is 12. The average molecular weight is 655 g/mol. The van der Waals surface area contributed by atoms with Crippen LogP contribution in [0.1, 0.15) is 53.4 Å². The van der Waals surface area contributed by atoms with E-state index < -0.39 is 88.4 Å². The maximum Gasteiger partial charge on any atom is 0.452 e. The fraction of sp³-hybridized carbons (Fsp3) is 0.500. The Morgan fingerprint density at radius 1 is 0.867 bits per heavy atom. The van der Waals surface area contributed by atoms with Gasteiger partial charge in [-0.15, -0.1) is 0 Å². The maximum atomic E-state index is 13.5. The first kappa shape index (κ1) is 35.5. The second-order valence-electron chi connectivity index (χ2n) is 11.6. The van der Waals surface area contributed by atoms with Crippen molar-refractivity contribution in [3.05, 3.63) is 42.5 Å². The molecule has 0 saturated carbocycles. The van der Waals surface area contributed by atoms with Crippen LogP contribution in [0.5, 0.6) is 0 Å². The second-order valence-corrected chi connectivity index (χ2v) is 13.2. The number of Topliss-reactive ketones (excluding diaryl/α,β-unsaturated/α-hetero) is 1. The van der Waals surface area contributed by atoms with Gasteiger partial charge in [-0.3, -0.25) is 24.0 Å². The maximum absolute atomic E-state index is 13.5. The first-order valence-electron chi connectivity index (χ1n) is 14.5. The largest absolute Gasteiger partial charge is 0.452 e. The Balaban J connectivity index is 1.63. The molecule has 0 radical (unpaired) electrons. The SMILES string of the molecule is CC(C)C(NC(=O)C1CCCN1C(=O)[C@@H](NC(=O)CCC(=O)NS(=O)(=O)c1cccc2ccccc12)C(C)C)C(=O)C(F)(F)F. The van der Waals surface area contributed by atoms with Crippen LogP contribution in [0.4, 0.5) is 13.2 Å². The number of halogens is 3. The zero-order valence-corrected chi connectivity index (χ0v) is 26.1. The Labute approximate surface area is 259 Å². The van der Waals surface area contributed by atoms with E-state index in [-0.39, 0.29) is 17.9 Å². The lowest BCUT2D eigenvalue weighted by Crippen LogP contribution is -2.58. The molecule has 0 spiro atoms. The molecule has 1 fully saturated rings. The lowest BCUT2D eigenvalue weighted by atomic mass is 9.98. The summed E-state index contributed by atoms with van der Waals surface area (Å²) in [7, 11) is -4.25. The van der Waals surface area contributed by atoms with Crippen LogP contribution in [0.3, 0.4) is 0 Å². The summed E-state index contributed by atoms with van der Waals surface area (Å²) in [6.07, 6.45) is -5.60. The number of hydrogen-bond donors (Lipinski definition) is 3. The fourth-order valence-electron chi connectivity index (χ4n) is 5.11. The molecule has 0 aromatic heterocycles. The van der Waals surface area contributed by atoms with Gasteiger partial charge < -0.3 is 15.5 Å². The second kappa shape index (κ2) is 14.4. The number of hydrogen-bond acceptors (Lipinski definition) is 7. The average Bonchev–Trinajstić information content (AvgIpc) is 3.46. The molecule has 0 bridgehead atoms. The van der Waals surface area contributed by atoms with Gasteiger partial charge in [-0.25, -0.2) is 13.1 Å². The smallest absolute Gasteiger partial charge is 0.344 e. The minimum atomic E-state index is -5.16. The van der Waals surface area contributed by atoms with Crippen LogP contribution in [0, 0.1) is 11.8 Å². The summed E-state index contributed by atoms with van der Waals surface area (Å²) in [5.74, 6) is -6.66. The molecule has 11 nitrogen and oxygen atoms in total. The van der Waals surface area contributed by atoms with Gasteiger partial charge in [-0.1, -0.05) is 64.1 Å². The van der Waals surface area contributed by atoms with Gasteiger partial charge in [0, 0.05) is 24.8 Å². The molecule has 15 heteroatoms. The molecule has 246 valence electrons. The fourth-order valence-corrected chi connectivity index (χ4v) is 6.36. The molecule has 45 heavy (non-hydrogen) atoms. The number of carbonyl (C=O) groups excluding carboxylic acids is 5. The highest BCUT2D eigenvalue weighted by Crippen LogP contribution is 2.25. The molecule has 1 heterocycles. The number of benzene rings is 2.